The van der Waals surface area contributed by atoms with E-state index in [9.17, 15) is 9.90 Å². The second-order valence-electron chi connectivity index (χ2n) is 4.69. The molecule has 0 spiro atoms. The van der Waals surface area contributed by atoms with E-state index >= 15 is 0 Å². The largest absolute Gasteiger partial charge is 0.393 e. The Morgan fingerprint density at radius 3 is 2.50 bits per heavy atom. The van der Waals surface area contributed by atoms with E-state index in [-0.39, 0.29) is 17.9 Å². The Morgan fingerprint density at radius 2 is 1.93 bits per heavy atom. The number of hydrogen-bond acceptors (Lipinski definition) is 2. The summed E-state index contributed by atoms with van der Waals surface area (Å²) in [7, 11) is 0. The van der Waals surface area contributed by atoms with Crippen LogP contribution in [0.3, 0.4) is 0 Å². The van der Waals surface area contributed by atoms with Gasteiger partial charge in [0.15, 0.2) is 0 Å². The van der Waals surface area contributed by atoms with Crippen LogP contribution in [0.1, 0.15) is 38.5 Å². The molecule has 0 aromatic heterocycles. The van der Waals surface area contributed by atoms with E-state index in [1.165, 1.54) is 0 Å². The van der Waals surface area contributed by atoms with Crippen molar-refractivity contribution in [1.82, 2.24) is 5.32 Å². The minimum Gasteiger partial charge on any atom is -0.393 e. The van der Waals surface area contributed by atoms with Crippen molar-refractivity contribution in [2.75, 3.05) is 6.54 Å². The third kappa shape index (κ3) is 2.27. The highest BCUT2D eigenvalue weighted by molar-refractivity contribution is 5.80. The van der Waals surface area contributed by atoms with Crippen LogP contribution >= 0.6 is 0 Å². The fraction of sp³-hybridized carbons (Fsp3) is 0.909. The van der Waals surface area contributed by atoms with Crippen molar-refractivity contribution >= 4 is 5.91 Å². The molecule has 0 aromatic carbocycles. The lowest BCUT2D eigenvalue weighted by atomic mass is 9.81. The quantitative estimate of drug-likeness (QED) is 0.695. The van der Waals surface area contributed by atoms with Gasteiger partial charge in [0, 0.05) is 12.5 Å². The number of aliphatic hydroxyl groups excluding tert-OH is 1. The SMILES string of the molecule is O=C1NCCC1CC1CCC(O)CC1. The van der Waals surface area contributed by atoms with Crippen molar-refractivity contribution in [2.24, 2.45) is 11.8 Å². The molecule has 1 aliphatic carbocycles. The zero-order valence-corrected chi connectivity index (χ0v) is 8.54. The van der Waals surface area contributed by atoms with Crippen molar-refractivity contribution in [3.63, 3.8) is 0 Å². The normalized spacial score (nSPS) is 38.4. The molecular weight excluding hydrogens is 178 g/mol. The van der Waals surface area contributed by atoms with Gasteiger partial charge < -0.3 is 10.4 Å². The van der Waals surface area contributed by atoms with Crippen LogP contribution in [0.5, 0.6) is 0 Å². The number of nitrogens with one attached hydrogen (secondary N) is 1. The second kappa shape index (κ2) is 4.30. The topological polar surface area (TPSA) is 49.3 Å². The Balaban J connectivity index is 1.77. The molecule has 14 heavy (non-hydrogen) atoms. The molecule has 1 amide bonds. The predicted octanol–water partition coefficient (Wildman–Crippen LogP) is 1.06. The summed E-state index contributed by atoms with van der Waals surface area (Å²) < 4.78 is 0. The number of aliphatic hydroxyl groups is 1. The Bertz CT molecular complexity index is 209. The molecule has 3 nitrogen and oxygen atoms in total. The van der Waals surface area contributed by atoms with Crippen LogP contribution in [0.15, 0.2) is 0 Å². The van der Waals surface area contributed by atoms with E-state index in [0.717, 1.165) is 45.1 Å². The summed E-state index contributed by atoms with van der Waals surface area (Å²) in [5.41, 5.74) is 0. The third-order valence-corrected chi connectivity index (χ3v) is 3.60. The summed E-state index contributed by atoms with van der Waals surface area (Å²) >= 11 is 0. The molecule has 1 aliphatic heterocycles. The second-order valence-corrected chi connectivity index (χ2v) is 4.69. The van der Waals surface area contributed by atoms with E-state index < -0.39 is 0 Å². The molecule has 0 radical (unpaired) electrons. The number of hydrogen-bond donors (Lipinski definition) is 2. The Morgan fingerprint density at radius 1 is 1.21 bits per heavy atom. The van der Waals surface area contributed by atoms with Crippen molar-refractivity contribution in [1.29, 1.82) is 0 Å². The first-order valence-corrected chi connectivity index (χ1v) is 5.71. The van der Waals surface area contributed by atoms with Crippen LogP contribution < -0.4 is 5.32 Å². The van der Waals surface area contributed by atoms with Crippen molar-refractivity contribution in [2.45, 2.75) is 44.6 Å². The smallest absolute Gasteiger partial charge is 0.223 e. The first-order chi connectivity index (χ1) is 6.75. The molecule has 80 valence electrons. The van der Waals surface area contributed by atoms with E-state index in [2.05, 4.69) is 5.32 Å². The molecule has 2 rings (SSSR count). The lowest BCUT2D eigenvalue weighted by Gasteiger charge is -2.26. The molecule has 1 heterocycles. The third-order valence-electron chi connectivity index (χ3n) is 3.60. The number of amides is 1. The maximum atomic E-state index is 11.4. The molecular formula is C11H19NO2. The number of carbonyl (C=O) groups is 1. The number of carbonyl (C=O) groups excluding carboxylic acids is 1. The van der Waals surface area contributed by atoms with Gasteiger partial charge in [0.1, 0.15) is 0 Å². The first kappa shape index (κ1) is 9.97. The Labute approximate surface area is 84.9 Å². The molecule has 1 saturated carbocycles. The van der Waals surface area contributed by atoms with Gasteiger partial charge in [0.25, 0.3) is 0 Å². The van der Waals surface area contributed by atoms with Gasteiger partial charge in [0.05, 0.1) is 6.10 Å². The standard InChI is InChI=1S/C11H19NO2/c13-10-3-1-8(2-4-10)7-9-5-6-12-11(9)14/h8-10,13H,1-7H2,(H,12,14). The lowest BCUT2D eigenvalue weighted by Crippen LogP contribution is -2.24. The summed E-state index contributed by atoms with van der Waals surface area (Å²) in [4.78, 5) is 11.4. The Hall–Kier alpha value is -0.570. The highest BCUT2D eigenvalue weighted by Crippen LogP contribution is 2.31. The summed E-state index contributed by atoms with van der Waals surface area (Å²) in [5.74, 6) is 1.18. The average Bonchev–Trinajstić information content (AvgIpc) is 2.56. The Kier molecular flexibility index (Phi) is 3.06. The zero-order valence-electron chi connectivity index (χ0n) is 8.54. The van der Waals surface area contributed by atoms with Crippen LogP contribution in [-0.4, -0.2) is 23.7 Å². The van der Waals surface area contributed by atoms with Gasteiger partial charge in [-0.1, -0.05) is 0 Å². The van der Waals surface area contributed by atoms with Crippen LogP contribution in [0.25, 0.3) is 0 Å². The van der Waals surface area contributed by atoms with Crippen molar-refractivity contribution in [3.8, 4) is 0 Å². The molecule has 1 unspecified atom stereocenters. The predicted molar refractivity (Wildman–Crippen MR) is 53.7 cm³/mol. The van der Waals surface area contributed by atoms with Crippen LogP contribution in [0.2, 0.25) is 0 Å². The van der Waals surface area contributed by atoms with Gasteiger partial charge in [-0.15, -0.1) is 0 Å². The highest BCUT2D eigenvalue weighted by atomic mass is 16.3. The van der Waals surface area contributed by atoms with E-state index in [1.54, 1.807) is 0 Å². The fourth-order valence-corrected chi connectivity index (χ4v) is 2.65. The van der Waals surface area contributed by atoms with Gasteiger partial charge in [-0.2, -0.15) is 0 Å². The van der Waals surface area contributed by atoms with Crippen LogP contribution in [0.4, 0.5) is 0 Å². The monoisotopic (exact) mass is 197 g/mol. The average molecular weight is 197 g/mol. The zero-order chi connectivity index (χ0) is 9.97. The molecule has 0 aromatic rings. The van der Waals surface area contributed by atoms with E-state index in [4.69, 9.17) is 0 Å². The molecule has 1 atom stereocenters. The van der Waals surface area contributed by atoms with Gasteiger partial charge in [-0.25, -0.2) is 0 Å². The van der Waals surface area contributed by atoms with Gasteiger partial charge in [-0.05, 0) is 44.4 Å². The lowest BCUT2D eigenvalue weighted by molar-refractivity contribution is -0.123. The van der Waals surface area contributed by atoms with Crippen molar-refractivity contribution < 1.29 is 9.90 Å². The summed E-state index contributed by atoms with van der Waals surface area (Å²) in [6, 6.07) is 0. The minimum absolute atomic E-state index is 0.0799. The number of rotatable bonds is 2. The van der Waals surface area contributed by atoms with E-state index in [1.807, 2.05) is 0 Å². The van der Waals surface area contributed by atoms with Gasteiger partial charge in [0.2, 0.25) is 5.91 Å². The fourth-order valence-electron chi connectivity index (χ4n) is 2.65. The summed E-state index contributed by atoms with van der Waals surface area (Å²) in [6.45, 7) is 0.860. The molecule has 2 N–H and O–H groups in total. The van der Waals surface area contributed by atoms with E-state index in [0.29, 0.717) is 5.92 Å². The summed E-state index contributed by atoms with van der Waals surface area (Å²) in [6.07, 6.45) is 6.04. The van der Waals surface area contributed by atoms with Crippen LogP contribution in [0, 0.1) is 11.8 Å². The molecule has 0 bridgehead atoms. The maximum Gasteiger partial charge on any atom is 0.223 e. The molecule has 2 fully saturated rings. The van der Waals surface area contributed by atoms with Gasteiger partial charge in [-0.3, -0.25) is 4.79 Å². The summed E-state index contributed by atoms with van der Waals surface area (Å²) in [5, 5.41) is 12.2. The first-order valence-electron chi connectivity index (χ1n) is 5.71. The highest BCUT2D eigenvalue weighted by Gasteiger charge is 2.28. The van der Waals surface area contributed by atoms with Crippen molar-refractivity contribution in [3.05, 3.63) is 0 Å². The molecule has 1 saturated heterocycles. The minimum atomic E-state index is -0.0799. The molecule has 3 heteroatoms. The van der Waals surface area contributed by atoms with Crippen LogP contribution in [-0.2, 0) is 4.79 Å². The molecule has 2 aliphatic rings. The maximum absolute atomic E-state index is 11.4. The van der Waals surface area contributed by atoms with Gasteiger partial charge >= 0.3 is 0 Å².